The third-order valence-electron chi connectivity index (χ3n) is 2.61. The van der Waals surface area contributed by atoms with Crippen LogP contribution in [0.1, 0.15) is 17.5 Å². The van der Waals surface area contributed by atoms with Gasteiger partial charge in [0.2, 0.25) is 0 Å². The van der Waals surface area contributed by atoms with Gasteiger partial charge in [-0.1, -0.05) is 60.7 Å². The summed E-state index contributed by atoms with van der Waals surface area (Å²) < 4.78 is 0. The zero-order chi connectivity index (χ0) is 11.1. The van der Waals surface area contributed by atoms with Gasteiger partial charge in [0.1, 0.15) is 0 Å². The smallest absolute Gasteiger partial charge is 0.0123 e. The van der Waals surface area contributed by atoms with Crippen LogP contribution in [-0.4, -0.2) is 0 Å². The Balaban J connectivity index is 1.70. The molecule has 0 aromatic heterocycles. The van der Waals surface area contributed by atoms with E-state index in [1.807, 2.05) is 6.07 Å². The van der Waals surface area contributed by atoms with Crippen molar-refractivity contribution in [3.8, 4) is 0 Å². The van der Waals surface area contributed by atoms with Crippen LogP contribution in [0.15, 0.2) is 60.7 Å². The van der Waals surface area contributed by atoms with Gasteiger partial charge in [0.15, 0.2) is 0 Å². The Morgan fingerprint density at radius 1 is 0.688 bits per heavy atom. The number of hydrogen-bond acceptors (Lipinski definition) is 0. The molecule has 0 aliphatic carbocycles. The quantitative estimate of drug-likeness (QED) is 0.653. The topological polar surface area (TPSA) is 0 Å². The van der Waals surface area contributed by atoms with Gasteiger partial charge in [-0.3, -0.25) is 0 Å². The summed E-state index contributed by atoms with van der Waals surface area (Å²) in [5.41, 5.74) is 2.73. The normalized spacial score (nSPS) is 10.2. The lowest BCUT2D eigenvalue weighted by Gasteiger charge is -2.01. The van der Waals surface area contributed by atoms with Gasteiger partial charge in [0.05, 0.1) is 0 Å². The molecular weight excluding hydrogens is 192 g/mol. The fourth-order valence-corrected chi connectivity index (χ4v) is 1.71. The Bertz CT molecular complexity index is 347. The van der Waals surface area contributed by atoms with Gasteiger partial charge in [-0.15, -0.1) is 0 Å². The Hall–Kier alpha value is -1.56. The van der Waals surface area contributed by atoms with Gasteiger partial charge >= 0.3 is 0 Å². The van der Waals surface area contributed by atoms with Crippen LogP contribution in [0.5, 0.6) is 0 Å². The molecule has 0 heterocycles. The molecule has 0 aliphatic rings. The third-order valence-corrected chi connectivity index (χ3v) is 2.61. The van der Waals surface area contributed by atoms with Crippen molar-refractivity contribution >= 4 is 0 Å². The Morgan fingerprint density at radius 3 is 1.88 bits per heavy atom. The van der Waals surface area contributed by atoms with Gasteiger partial charge < -0.3 is 0 Å². The minimum Gasteiger partial charge on any atom is -0.0622 e. The summed E-state index contributed by atoms with van der Waals surface area (Å²) in [7, 11) is 0. The molecule has 2 aromatic rings. The van der Waals surface area contributed by atoms with E-state index in [4.69, 9.17) is 0 Å². The van der Waals surface area contributed by atoms with Crippen molar-refractivity contribution in [2.75, 3.05) is 0 Å². The lowest BCUT2D eigenvalue weighted by atomic mass is 10.0. The van der Waals surface area contributed by atoms with Crippen LogP contribution in [0.25, 0.3) is 0 Å². The van der Waals surface area contributed by atoms with Crippen LogP contribution in [0.3, 0.4) is 0 Å². The van der Waals surface area contributed by atoms with E-state index in [1.165, 1.54) is 11.1 Å². The number of aryl methyl sites for hydroxylation is 1. The van der Waals surface area contributed by atoms with Gasteiger partial charge in [-0.25, -0.2) is 0 Å². The first-order valence-electron chi connectivity index (χ1n) is 5.74. The summed E-state index contributed by atoms with van der Waals surface area (Å²) in [6.45, 7) is 0. The van der Waals surface area contributed by atoms with Crippen LogP contribution >= 0.6 is 0 Å². The van der Waals surface area contributed by atoms with Gasteiger partial charge in [0, 0.05) is 0 Å². The summed E-state index contributed by atoms with van der Waals surface area (Å²) >= 11 is 0. The summed E-state index contributed by atoms with van der Waals surface area (Å²) in [5, 5.41) is 0. The monoisotopic (exact) mass is 208 g/mol. The molecule has 2 radical (unpaired) electrons. The first kappa shape index (κ1) is 10.9. The molecule has 2 aromatic carbocycles. The molecule has 2 rings (SSSR count). The molecular formula is C16H16. The average Bonchev–Trinajstić information content (AvgIpc) is 2.37. The lowest BCUT2D eigenvalue weighted by molar-refractivity contribution is 0.893. The summed E-state index contributed by atoms with van der Waals surface area (Å²) in [6.07, 6.45) is 6.52. The summed E-state index contributed by atoms with van der Waals surface area (Å²) in [4.78, 5) is 0. The second kappa shape index (κ2) is 6.12. The Labute approximate surface area is 97.9 Å². The molecule has 0 spiro atoms. The summed E-state index contributed by atoms with van der Waals surface area (Å²) in [5.74, 6) is 0. The highest BCUT2D eigenvalue weighted by Gasteiger charge is 1.94. The fraction of sp³-hybridized carbons (Fsp3) is 0.188. The SMILES string of the molecule is [C](CCc1ccccc1)Cc1ccccc1. The molecule has 0 nitrogen and oxygen atoms in total. The van der Waals surface area contributed by atoms with E-state index in [0.717, 1.165) is 19.3 Å². The van der Waals surface area contributed by atoms with E-state index >= 15 is 0 Å². The van der Waals surface area contributed by atoms with E-state index in [1.54, 1.807) is 0 Å². The zero-order valence-electron chi connectivity index (χ0n) is 9.39. The van der Waals surface area contributed by atoms with Crippen molar-refractivity contribution in [2.45, 2.75) is 19.3 Å². The van der Waals surface area contributed by atoms with Crippen LogP contribution in [0.4, 0.5) is 0 Å². The van der Waals surface area contributed by atoms with E-state index < -0.39 is 0 Å². The average molecular weight is 208 g/mol. The Morgan fingerprint density at radius 2 is 1.25 bits per heavy atom. The maximum absolute atomic E-state index is 3.45. The standard InChI is InChI=1S/C16H16/c1-3-9-15(10-4-1)13-7-8-14-16-11-5-2-6-12-16/h1-6,9-12H,7,13-14H2. The maximum atomic E-state index is 3.45. The fourth-order valence-electron chi connectivity index (χ4n) is 1.71. The predicted octanol–water partition coefficient (Wildman–Crippen LogP) is 3.94. The van der Waals surface area contributed by atoms with Crippen molar-refractivity contribution in [3.05, 3.63) is 78.2 Å². The molecule has 16 heavy (non-hydrogen) atoms. The third kappa shape index (κ3) is 3.54. The largest absolute Gasteiger partial charge is 0.0622 e. The first-order valence-corrected chi connectivity index (χ1v) is 5.74. The van der Waals surface area contributed by atoms with E-state index in [9.17, 15) is 0 Å². The molecule has 0 amide bonds. The number of rotatable bonds is 5. The Kier molecular flexibility index (Phi) is 4.18. The number of benzene rings is 2. The molecule has 0 unspecified atom stereocenters. The minimum absolute atomic E-state index is 0.952. The van der Waals surface area contributed by atoms with Crippen molar-refractivity contribution in [1.29, 1.82) is 0 Å². The molecule has 0 atom stereocenters. The van der Waals surface area contributed by atoms with Crippen molar-refractivity contribution < 1.29 is 0 Å². The van der Waals surface area contributed by atoms with Gasteiger partial charge in [0.25, 0.3) is 0 Å². The van der Waals surface area contributed by atoms with Crippen molar-refractivity contribution in [1.82, 2.24) is 0 Å². The second-order valence-corrected chi connectivity index (χ2v) is 3.90. The van der Waals surface area contributed by atoms with E-state index in [0.29, 0.717) is 0 Å². The van der Waals surface area contributed by atoms with Crippen LogP contribution in [0.2, 0.25) is 0 Å². The van der Waals surface area contributed by atoms with E-state index in [-0.39, 0.29) is 0 Å². The molecule has 0 aliphatic heterocycles. The zero-order valence-corrected chi connectivity index (χ0v) is 9.39. The van der Waals surface area contributed by atoms with Crippen molar-refractivity contribution in [3.63, 3.8) is 0 Å². The number of hydrogen-bond donors (Lipinski definition) is 0. The maximum Gasteiger partial charge on any atom is -0.0123 e. The van der Waals surface area contributed by atoms with Gasteiger partial charge in [-0.05, 0) is 36.8 Å². The van der Waals surface area contributed by atoms with Gasteiger partial charge in [-0.2, -0.15) is 0 Å². The number of unbranched alkanes of at least 4 members (excludes halogenated alkanes) is 1. The molecule has 0 bridgehead atoms. The minimum atomic E-state index is 0.952. The lowest BCUT2D eigenvalue weighted by Crippen LogP contribution is -1.89. The van der Waals surface area contributed by atoms with Crippen molar-refractivity contribution in [2.24, 2.45) is 0 Å². The second-order valence-electron chi connectivity index (χ2n) is 3.90. The van der Waals surface area contributed by atoms with E-state index in [2.05, 4.69) is 61.0 Å². The highest BCUT2D eigenvalue weighted by Crippen LogP contribution is 2.07. The molecule has 0 saturated carbocycles. The molecule has 0 N–H and O–H groups in total. The summed E-state index contributed by atoms with van der Waals surface area (Å²) in [6, 6.07) is 21.1. The molecule has 0 heteroatoms. The van der Waals surface area contributed by atoms with Crippen LogP contribution in [0, 0.1) is 6.42 Å². The molecule has 0 fully saturated rings. The predicted molar refractivity (Wildman–Crippen MR) is 68.2 cm³/mol. The molecule has 80 valence electrons. The van der Waals surface area contributed by atoms with Crippen LogP contribution in [-0.2, 0) is 12.8 Å². The first-order chi connectivity index (χ1) is 7.95. The van der Waals surface area contributed by atoms with Crippen LogP contribution < -0.4 is 0 Å². The molecule has 0 saturated heterocycles. The highest BCUT2D eigenvalue weighted by molar-refractivity contribution is 5.17. The highest BCUT2D eigenvalue weighted by atomic mass is 14.0.